The molecule has 0 aliphatic heterocycles. The van der Waals surface area contributed by atoms with Crippen LogP contribution in [-0.4, -0.2) is 16.9 Å². The summed E-state index contributed by atoms with van der Waals surface area (Å²) in [6.45, 7) is 3.82. The third kappa shape index (κ3) is 1.74. The number of aryl methyl sites for hydroxylation is 2. The van der Waals surface area contributed by atoms with Gasteiger partial charge < -0.3 is 4.74 Å². The highest BCUT2D eigenvalue weighted by atomic mass is 16.5. The molecule has 0 aliphatic rings. The largest absolute Gasteiger partial charge is 0.494 e. The van der Waals surface area contributed by atoms with Gasteiger partial charge in [0, 0.05) is 11.8 Å². The monoisotopic (exact) mass is 218 g/mol. The van der Waals surface area contributed by atoms with Crippen LogP contribution in [0.25, 0.3) is 5.69 Å². The van der Waals surface area contributed by atoms with Crippen molar-refractivity contribution in [3.63, 3.8) is 0 Å². The Morgan fingerprint density at radius 1 is 1.25 bits per heavy atom. The predicted molar refractivity (Wildman–Crippen MR) is 62.4 cm³/mol. The van der Waals surface area contributed by atoms with Crippen LogP contribution < -0.4 is 10.3 Å². The Hall–Kier alpha value is -1.97. The second-order valence-electron chi connectivity index (χ2n) is 3.79. The van der Waals surface area contributed by atoms with Gasteiger partial charge in [0.1, 0.15) is 11.4 Å². The Labute approximate surface area is 93.5 Å². The van der Waals surface area contributed by atoms with E-state index in [1.807, 2.05) is 32.0 Å². The van der Waals surface area contributed by atoms with Gasteiger partial charge in [-0.2, -0.15) is 0 Å². The fourth-order valence-electron chi connectivity index (χ4n) is 1.67. The summed E-state index contributed by atoms with van der Waals surface area (Å²) < 4.78 is 6.73. The normalized spacial score (nSPS) is 10.4. The van der Waals surface area contributed by atoms with E-state index in [1.165, 1.54) is 4.68 Å². The zero-order valence-electron chi connectivity index (χ0n) is 9.57. The van der Waals surface area contributed by atoms with Crippen molar-refractivity contribution in [2.45, 2.75) is 13.8 Å². The number of nitrogens with zero attached hydrogens (tertiary/aromatic N) is 1. The summed E-state index contributed by atoms with van der Waals surface area (Å²) in [6.07, 6.45) is 0. The van der Waals surface area contributed by atoms with Crippen molar-refractivity contribution in [2.75, 3.05) is 7.11 Å². The third-order valence-electron chi connectivity index (χ3n) is 2.42. The zero-order valence-corrected chi connectivity index (χ0v) is 9.57. The number of aromatic amines is 1. The van der Waals surface area contributed by atoms with E-state index in [4.69, 9.17) is 4.74 Å². The summed E-state index contributed by atoms with van der Waals surface area (Å²) >= 11 is 0. The van der Waals surface area contributed by atoms with Crippen LogP contribution in [-0.2, 0) is 0 Å². The number of nitrogens with one attached hydrogen (secondary N) is 1. The lowest BCUT2D eigenvalue weighted by molar-refractivity contribution is 0.411. The average Bonchev–Trinajstić information content (AvgIpc) is 2.57. The summed E-state index contributed by atoms with van der Waals surface area (Å²) in [7, 11) is 1.59. The average molecular weight is 218 g/mol. The van der Waals surface area contributed by atoms with Crippen molar-refractivity contribution in [3.8, 4) is 11.4 Å². The van der Waals surface area contributed by atoms with Crippen LogP contribution in [0.5, 0.6) is 5.75 Å². The van der Waals surface area contributed by atoms with Crippen molar-refractivity contribution in [1.29, 1.82) is 0 Å². The molecule has 0 spiro atoms. The molecule has 0 amide bonds. The highest BCUT2D eigenvalue weighted by Crippen LogP contribution is 2.22. The Kier molecular flexibility index (Phi) is 2.56. The van der Waals surface area contributed by atoms with Crippen LogP contribution in [0.3, 0.4) is 0 Å². The maximum Gasteiger partial charge on any atom is 0.271 e. The molecule has 16 heavy (non-hydrogen) atoms. The van der Waals surface area contributed by atoms with Gasteiger partial charge in [0.05, 0.1) is 7.11 Å². The summed E-state index contributed by atoms with van der Waals surface area (Å²) in [5, 5.41) is 2.99. The van der Waals surface area contributed by atoms with Gasteiger partial charge >= 0.3 is 0 Å². The first-order valence-electron chi connectivity index (χ1n) is 5.05. The van der Waals surface area contributed by atoms with Gasteiger partial charge in [-0.1, -0.05) is 6.07 Å². The summed E-state index contributed by atoms with van der Waals surface area (Å²) in [4.78, 5) is 11.7. The molecule has 1 aromatic carbocycles. The number of ether oxygens (including phenoxy) is 1. The minimum Gasteiger partial charge on any atom is -0.494 e. The van der Waals surface area contributed by atoms with Crippen LogP contribution >= 0.6 is 0 Å². The minimum absolute atomic E-state index is 0.0820. The molecule has 0 unspecified atom stereocenters. The van der Waals surface area contributed by atoms with Gasteiger partial charge in [0.2, 0.25) is 0 Å². The first-order valence-corrected chi connectivity index (χ1v) is 5.05. The molecule has 4 heteroatoms. The first-order chi connectivity index (χ1) is 7.61. The number of hydrogen-bond donors (Lipinski definition) is 1. The van der Waals surface area contributed by atoms with Gasteiger partial charge in [-0.3, -0.25) is 9.89 Å². The van der Waals surface area contributed by atoms with E-state index in [9.17, 15) is 4.79 Å². The molecule has 84 valence electrons. The second kappa shape index (κ2) is 3.89. The fourth-order valence-corrected chi connectivity index (χ4v) is 1.67. The van der Waals surface area contributed by atoms with Gasteiger partial charge in [-0.25, -0.2) is 4.68 Å². The third-order valence-corrected chi connectivity index (χ3v) is 2.42. The molecule has 0 aliphatic carbocycles. The Morgan fingerprint density at radius 2 is 2.00 bits per heavy atom. The number of methoxy groups -OCH3 is 1. The molecule has 0 radical (unpaired) electrons. The standard InChI is InChI=1S/C12H14N2O2/c1-8-4-5-11(16-3)10(6-8)14-12(15)7-9(2)13-14/h4-7,13H,1-3H3. The molecule has 0 atom stereocenters. The Bertz CT molecular complexity index is 567. The van der Waals surface area contributed by atoms with Crippen molar-refractivity contribution in [1.82, 2.24) is 9.78 Å². The summed E-state index contributed by atoms with van der Waals surface area (Å²) in [5.74, 6) is 0.676. The highest BCUT2D eigenvalue weighted by Gasteiger charge is 2.08. The number of H-pyrrole nitrogens is 1. The second-order valence-corrected chi connectivity index (χ2v) is 3.79. The fraction of sp³-hybridized carbons (Fsp3) is 0.250. The van der Waals surface area contributed by atoms with Crippen LogP contribution in [0.4, 0.5) is 0 Å². The zero-order chi connectivity index (χ0) is 11.7. The Morgan fingerprint density at radius 3 is 2.56 bits per heavy atom. The number of aromatic nitrogens is 2. The van der Waals surface area contributed by atoms with E-state index in [-0.39, 0.29) is 5.56 Å². The Balaban J connectivity index is 2.67. The van der Waals surface area contributed by atoms with Crippen LogP contribution in [0, 0.1) is 13.8 Å². The quantitative estimate of drug-likeness (QED) is 0.835. The van der Waals surface area contributed by atoms with E-state index in [2.05, 4.69) is 5.10 Å². The summed E-state index contributed by atoms with van der Waals surface area (Å²) in [5.41, 5.74) is 2.56. The maximum absolute atomic E-state index is 11.7. The van der Waals surface area contributed by atoms with Crippen molar-refractivity contribution < 1.29 is 4.74 Å². The van der Waals surface area contributed by atoms with Gasteiger partial charge in [-0.05, 0) is 31.5 Å². The molecule has 1 heterocycles. The SMILES string of the molecule is COc1ccc(C)cc1-n1[nH]c(C)cc1=O. The smallest absolute Gasteiger partial charge is 0.271 e. The van der Waals surface area contributed by atoms with E-state index in [0.717, 1.165) is 16.9 Å². The first kappa shape index (κ1) is 10.5. The van der Waals surface area contributed by atoms with Crippen LogP contribution in [0.1, 0.15) is 11.3 Å². The predicted octanol–water partition coefficient (Wildman–Crippen LogP) is 1.79. The van der Waals surface area contributed by atoms with Crippen LogP contribution in [0.15, 0.2) is 29.1 Å². The molecular formula is C12H14N2O2. The number of rotatable bonds is 2. The molecule has 0 fully saturated rings. The lowest BCUT2D eigenvalue weighted by Gasteiger charge is -2.09. The molecule has 0 saturated heterocycles. The van der Waals surface area contributed by atoms with Crippen LogP contribution in [0.2, 0.25) is 0 Å². The maximum atomic E-state index is 11.7. The van der Waals surface area contributed by atoms with Crippen molar-refractivity contribution in [2.24, 2.45) is 0 Å². The van der Waals surface area contributed by atoms with E-state index in [1.54, 1.807) is 13.2 Å². The molecule has 0 bridgehead atoms. The van der Waals surface area contributed by atoms with E-state index < -0.39 is 0 Å². The molecule has 4 nitrogen and oxygen atoms in total. The van der Waals surface area contributed by atoms with Crippen molar-refractivity contribution >= 4 is 0 Å². The van der Waals surface area contributed by atoms with Crippen molar-refractivity contribution in [3.05, 3.63) is 45.9 Å². The summed E-state index contributed by atoms with van der Waals surface area (Å²) in [6, 6.07) is 7.27. The topological polar surface area (TPSA) is 47.0 Å². The highest BCUT2D eigenvalue weighted by molar-refractivity contribution is 5.48. The van der Waals surface area contributed by atoms with E-state index in [0.29, 0.717) is 5.75 Å². The minimum atomic E-state index is -0.0820. The number of hydrogen-bond acceptors (Lipinski definition) is 2. The lowest BCUT2D eigenvalue weighted by atomic mass is 10.2. The van der Waals surface area contributed by atoms with Gasteiger partial charge in [0.15, 0.2) is 0 Å². The van der Waals surface area contributed by atoms with E-state index >= 15 is 0 Å². The lowest BCUT2D eigenvalue weighted by Crippen LogP contribution is -2.14. The van der Waals surface area contributed by atoms with Gasteiger partial charge in [0.25, 0.3) is 5.56 Å². The molecule has 1 aromatic heterocycles. The molecule has 2 aromatic rings. The molecule has 2 rings (SSSR count). The molecular weight excluding hydrogens is 204 g/mol. The molecule has 0 saturated carbocycles. The molecule has 1 N–H and O–H groups in total. The number of benzene rings is 1. The van der Waals surface area contributed by atoms with Gasteiger partial charge in [-0.15, -0.1) is 0 Å².